The lowest BCUT2D eigenvalue weighted by Crippen LogP contribution is -2.09. The normalized spacial score (nSPS) is 10.8. The number of hydrogen-bond donors (Lipinski definition) is 2. The van der Waals surface area contributed by atoms with Crippen LogP contribution in [0.2, 0.25) is 5.02 Å². The van der Waals surface area contributed by atoms with Gasteiger partial charge in [0.1, 0.15) is 17.6 Å². The molecule has 0 saturated heterocycles. The summed E-state index contributed by atoms with van der Waals surface area (Å²) in [6.45, 7) is 3.35. The van der Waals surface area contributed by atoms with E-state index in [1.807, 2.05) is 25.1 Å². The summed E-state index contributed by atoms with van der Waals surface area (Å²) >= 11 is 5.92. The van der Waals surface area contributed by atoms with Crippen molar-refractivity contribution in [3.63, 3.8) is 0 Å². The summed E-state index contributed by atoms with van der Waals surface area (Å²) in [5, 5.41) is 3.98. The fourth-order valence-electron chi connectivity index (χ4n) is 2.13. The second-order valence-corrected chi connectivity index (χ2v) is 5.30. The van der Waals surface area contributed by atoms with Crippen LogP contribution < -0.4 is 10.1 Å². The number of halogens is 1. The zero-order chi connectivity index (χ0) is 15.4. The minimum atomic E-state index is 0.618. The number of anilines is 1. The average molecular weight is 318 g/mol. The molecule has 0 aliphatic rings. The predicted octanol–water partition coefficient (Wildman–Crippen LogP) is 3.20. The van der Waals surface area contributed by atoms with Gasteiger partial charge in [-0.2, -0.15) is 0 Å². The van der Waals surface area contributed by atoms with Crippen molar-refractivity contribution in [2.75, 3.05) is 18.5 Å². The molecule has 7 heteroatoms. The van der Waals surface area contributed by atoms with E-state index in [0.29, 0.717) is 12.3 Å². The van der Waals surface area contributed by atoms with Crippen molar-refractivity contribution in [3.8, 4) is 5.75 Å². The number of nitrogens with zero attached hydrogens (tertiary/aromatic N) is 3. The summed E-state index contributed by atoms with van der Waals surface area (Å²) in [5.41, 5.74) is 2.51. The first-order chi connectivity index (χ1) is 10.7. The molecule has 0 spiro atoms. The topological polar surface area (TPSA) is 75.7 Å². The second-order valence-electron chi connectivity index (χ2n) is 4.86. The Hall–Kier alpha value is -2.34. The van der Waals surface area contributed by atoms with E-state index >= 15 is 0 Å². The van der Waals surface area contributed by atoms with Gasteiger partial charge in [0.25, 0.3) is 0 Å². The zero-order valence-electron chi connectivity index (χ0n) is 12.1. The molecular weight excluding hydrogens is 302 g/mol. The van der Waals surface area contributed by atoms with E-state index < -0.39 is 0 Å². The van der Waals surface area contributed by atoms with Crippen LogP contribution in [0.15, 0.2) is 30.9 Å². The molecule has 0 radical (unpaired) electrons. The van der Waals surface area contributed by atoms with E-state index in [1.54, 1.807) is 6.33 Å². The van der Waals surface area contributed by atoms with Crippen LogP contribution in [-0.2, 0) is 0 Å². The van der Waals surface area contributed by atoms with Gasteiger partial charge >= 0.3 is 0 Å². The van der Waals surface area contributed by atoms with E-state index in [0.717, 1.165) is 40.6 Å². The molecule has 2 N–H and O–H groups in total. The molecule has 0 amide bonds. The van der Waals surface area contributed by atoms with Crippen molar-refractivity contribution in [2.45, 2.75) is 13.3 Å². The highest BCUT2D eigenvalue weighted by molar-refractivity contribution is 6.30. The van der Waals surface area contributed by atoms with Crippen molar-refractivity contribution in [2.24, 2.45) is 0 Å². The number of aromatic nitrogens is 4. The van der Waals surface area contributed by atoms with Crippen LogP contribution >= 0.6 is 11.6 Å². The number of fused-ring (bicyclic) bond motifs is 1. The molecular formula is C15H16ClN5O. The third kappa shape index (κ3) is 3.28. The summed E-state index contributed by atoms with van der Waals surface area (Å²) in [5.74, 6) is 1.62. The van der Waals surface area contributed by atoms with Gasteiger partial charge in [0.2, 0.25) is 0 Å². The molecule has 114 valence electrons. The smallest absolute Gasteiger partial charge is 0.182 e. The first-order valence-electron chi connectivity index (χ1n) is 7.01. The Kier molecular flexibility index (Phi) is 4.39. The summed E-state index contributed by atoms with van der Waals surface area (Å²) in [6.07, 6.45) is 3.96. The zero-order valence-corrected chi connectivity index (χ0v) is 12.9. The molecule has 22 heavy (non-hydrogen) atoms. The van der Waals surface area contributed by atoms with Crippen molar-refractivity contribution in [1.82, 2.24) is 19.9 Å². The number of ether oxygens (including phenoxy) is 1. The standard InChI is InChI=1S/C15H16ClN5O/c1-10-7-11(16)3-4-12(10)22-6-2-5-17-14-13-15(19-8-18-13)21-9-20-14/h3-4,7-9H,2,5-6H2,1H3,(H2,17,18,19,20,21). The van der Waals surface area contributed by atoms with Gasteiger partial charge in [0.05, 0.1) is 12.9 Å². The van der Waals surface area contributed by atoms with Gasteiger partial charge in [-0.25, -0.2) is 15.0 Å². The van der Waals surface area contributed by atoms with Crippen LogP contribution in [0.3, 0.4) is 0 Å². The molecule has 2 aromatic heterocycles. The lowest BCUT2D eigenvalue weighted by atomic mass is 10.2. The SMILES string of the molecule is Cc1cc(Cl)ccc1OCCCNc1ncnc2nc[nH]c12. The minimum Gasteiger partial charge on any atom is -0.493 e. The molecule has 0 bridgehead atoms. The monoisotopic (exact) mass is 317 g/mol. The van der Waals surface area contributed by atoms with Gasteiger partial charge in [-0.1, -0.05) is 11.6 Å². The molecule has 3 aromatic rings. The summed E-state index contributed by atoms with van der Waals surface area (Å²) in [4.78, 5) is 15.4. The minimum absolute atomic E-state index is 0.618. The van der Waals surface area contributed by atoms with Gasteiger partial charge in [-0.05, 0) is 37.1 Å². The molecule has 0 aliphatic heterocycles. The van der Waals surface area contributed by atoms with Crippen molar-refractivity contribution in [1.29, 1.82) is 0 Å². The molecule has 0 aliphatic carbocycles. The Labute approximate surface area is 132 Å². The van der Waals surface area contributed by atoms with Gasteiger partial charge in [0, 0.05) is 11.6 Å². The van der Waals surface area contributed by atoms with Gasteiger partial charge in [0.15, 0.2) is 11.5 Å². The number of imidazole rings is 1. The quantitative estimate of drug-likeness (QED) is 0.683. The highest BCUT2D eigenvalue weighted by atomic mass is 35.5. The van der Waals surface area contributed by atoms with Crippen LogP contribution in [-0.4, -0.2) is 33.1 Å². The Balaban J connectivity index is 1.49. The second kappa shape index (κ2) is 6.62. The fourth-order valence-corrected chi connectivity index (χ4v) is 2.36. The van der Waals surface area contributed by atoms with E-state index in [1.165, 1.54) is 6.33 Å². The number of nitrogens with one attached hydrogen (secondary N) is 2. The van der Waals surface area contributed by atoms with Crippen molar-refractivity contribution >= 4 is 28.6 Å². The molecule has 6 nitrogen and oxygen atoms in total. The Bertz CT molecular complexity index is 773. The molecule has 1 aromatic carbocycles. The van der Waals surface area contributed by atoms with Gasteiger partial charge in [-0.15, -0.1) is 0 Å². The van der Waals surface area contributed by atoms with E-state index in [2.05, 4.69) is 25.3 Å². The highest BCUT2D eigenvalue weighted by Gasteiger charge is 2.05. The Morgan fingerprint density at radius 2 is 2.18 bits per heavy atom. The Morgan fingerprint density at radius 3 is 3.05 bits per heavy atom. The van der Waals surface area contributed by atoms with Crippen molar-refractivity contribution < 1.29 is 4.74 Å². The van der Waals surface area contributed by atoms with Gasteiger partial charge in [-0.3, -0.25) is 0 Å². The first-order valence-corrected chi connectivity index (χ1v) is 7.39. The maximum Gasteiger partial charge on any atom is 0.182 e. The average Bonchev–Trinajstić information content (AvgIpc) is 2.98. The highest BCUT2D eigenvalue weighted by Crippen LogP contribution is 2.21. The number of rotatable bonds is 6. The van der Waals surface area contributed by atoms with E-state index in [-0.39, 0.29) is 0 Å². The molecule has 0 fully saturated rings. The largest absolute Gasteiger partial charge is 0.493 e. The third-order valence-electron chi connectivity index (χ3n) is 3.23. The van der Waals surface area contributed by atoms with Crippen LogP contribution in [0, 0.1) is 6.92 Å². The fraction of sp³-hybridized carbons (Fsp3) is 0.267. The Morgan fingerprint density at radius 1 is 1.27 bits per heavy atom. The number of H-pyrrole nitrogens is 1. The van der Waals surface area contributed by atoms with E-state index in [4.69, 9.17) is 16.3 Å². The van der Waals surface area contributed by atoms with Crippen LogP contribution in [0.25, 0.3) is 11.2 Å². The summed E-state index contributed by atoms with van der Waals surface area (Å²) in [6, 6.07) is 5.62. The number of hydrogen-bond acceptors (Lipinski definition) is 5. The molecule has 0 unspecified atom stereocenters. The van der Waals surface area contributed by atoms with Crippen LogP contribution in [0.1, 0.15) is 12.0 Å². The predicted molar refractivity (Wildman–Crippen MR) is 86.5 cm³/mol. The van der Waals surface area contributed by atoms with Crippen LogP contribution in [0.4, 0.5) is 5.82 Å². The molecule has 3 rings (SSSR count). The molecule has 0 saturated carbocycles. The van der Waals surface area contributed by atoms with E-state index in [9.17, 15) is 0 Å². The lowest BCUT2D eigenvalue weighted by molar-refractivity contribution is 0.313. The third-order valence-corrected chi connectivity index (χ3v) is 3.47. The first kappa shape index (κ1) is 14.6. The summed E-state index contributed by atoms with van der Waals surface area (Å²) in [7, 11) is 0. The van der Waals surface area contributed by atoms with Crippen molar-refractivity contribution in [3.05, 3.63) is 41.4 Å². The number of aromatic amines is 1. The van der Waals surface area contributed by atoms with Crippen LogP contribution in [0.5, 0.6) is 5.75 Å². The maximum atomic E-state index is 5.92. The number of aryl methyl sites for hydroxylation is 1. The summed E-state index contributed by atoms with van der Waals surface area (Å²) < 4.78 is 5.75. The number of benzene rings is 1. The molecule has 2 heterocycles. The lowest BCUT2D eigenvalue weighted by Gasteiger charge is -2.10. The maximum absolute atomic E-state index is 5.92. The molecule has 0 atom stereocenters. The van der Waals surface area contributed by atoms with Gasteiger partial charge < -0.3 is 15.0 Å².